The number of fused-ring (bicyclic) bond motifs is 2. The van der Waals surface area contributed by atoms with Gasteiger partial charge in [-0.3, -0.25) is 0 Å². The Morgan fingerprint density at radius 3 is 2.51 bits per heavy atom. The Bertz CT molecular complexity index is 1570. The van der Waals surface area contributed by atoms with Crippen LogP contribution in [0.3, 0.4) is 0 Å². The summed E-state index contributed by atoms with van der Waals surface area (Å²) in [6.45, 7) is 0.665. The Morgan fingerprint density at radius 2 is 1.80 bits per heavy atom. The Labute approximate surface area is 206 Å². The lowest BCUT2D eigenvalue weighted by Gasteiger charge is -2.33. The summed E-state index contributed by atoms with van der Waals surface area (Å²) in [7, 11) is 3.04. The molecule has 0 amide bonds. The van der Waals surface area contributed by atoms with Crippen LogP contribution in [0, 0.1) is 5.82 Å². The van der Waals surface area contributed by atoms with Crippen LogP contribution in [0.1, 0.15) is 22.3 Å². The van der Waals surface area contributed by atoms with Crippen molar-refractivity contribution in [2.45, 2.75) is 17.7 Å². The molecule has 9 heteroatoms. The highest BCUT2D eigenvalue weighted by atomic mass is 35.7. The van der Waals surface area contributed by atoms with Crippen LogP contribution in [0.5, 0.6) is 0 Å². The number of rotatable bonds is 4. The van der Waals surface area contributed by atoms with Crippen LogP contribution in [-0.2, 0) is 20.2 Å². The molecule has 0 bridgehead atoms. The predicted molar refractivity (Wildman–Crippen MR) is 133 cm³/mol. The molecule has 0 saturated carbocycles. The van der Waals surface area contributed by atoms with Crippen molar-refractivity contribution in [3.63, 3.8) is 0 Å². The summed E-state index contributed by atoms with van der Waals surface area (Å²) >= 11 is 0. The maximum atomic E-state index is 13.7. The quantitative estimate of drug-likeness (QED) is 0.253. The Kier molecular flexibility index (Phi) is 5.94. The topological polar surface area (TPSA) is 76.6 Å². The van der Waals surface area contributed by atoms with Crippen molar-refractivity contribution >= 4 is 48.0 Å². The molecule has 1 aliphatic rings. The molecule has 5 rings (SSSR count). The second kappa shape index (κ2) is 8.94. The SMILES string of the molecule is COC(=O)c1ccc2nc(-c3ccc(F)cc3)c(N3CCCc4cc(S(=O)(=O)Cl)ccc43)cc2c1. The third kappa shape index (κ3) is 4.47. The number of methoxy groups -OCH3 is 1. The number of anilines is 2. The molecule has 1 aliphatic heterocycles. The van der Waals surface area contributed by atoms with E-state index in [9.17, 15) is 17.6 Å². The molecule has 0 spiro atoms. The largest absolute Gasteiger partial charge is 0.465 e. The van der Waals surface area contributed by atoms with E-state index in [1.807, 2.05) is 6.07 Å². The van der Waals surface area contributed by atoms with Gasteiger partial charge >= 0.3 is 5.97 Å². The number of aryl methyl sites for hydroxylation is 1. The molecular weight excluding hydrogens is 491 g/mol. The van der Waals surface area contributed by atoms with E-state index in [4.69, 9.17) is 20.4 Å². The van der Waals surface area contributed by atoms with E-state index < -0.39 is 15.0 Å². The minimum atomic E-state index is -3.86. The molecule has 0 saturated heterocycles. The number of carbonyl (C=O) groups excluding carboxylic acids is 1. The second-order valence-electron chi connectivity index (χ2n) is 8.25. The summed E-state index contributed by atoms with van der Waals surface area (Å²) < 4.78 is 42.3. The van der Waals surface area contributed by atoms with Gasteiger partial charge in [0.1, 0.15) is 5.82 Å². The highest BCUT2D eigenvalue weighted by Gasteiger charge is 2.24. The number of carbonyl (C=O) groups is 1. The molecule has 0 unspecified atom stereocenters. The van der Waals surface area contributed by atoms with E-state index in [0.29, 0.717) is 29.7 Å². The van der Waals surface area contributed by atoms with Crippen LogP contribution in [0.4, 0.5) is 15.8 Å². The fraction of sp³-hybridized carbons (Fsp3) is 0.154. The van der Waals surface area contributed by atoms with Gasteiger partial charge in [0.2, 0.25) is 0 Å². The van der Waals surface area contributed by atoms with Crippen molar-refractivity contribution in [3.8, 4) is 11.3 Å². The number of ether oxygens (including phenoxy) is 1. The van der Waals surface area contributed by atoms with Gasteiger partial charge < -0.3 is 9.64 Å². The van der Waals surface area contributed by atoms with Crippen molar-refractivity contribution in [2.75, 3.05) is 18.6 Å². The van der Waals surface area contributed by atoms with E-state index in [1.165, 1.54) is 25.3 Å². The molecule has 0 fully saturated rings. The number of aromatic nitrogens is 1. The van der Waals surface area contributed by atoms with Crippen molar-refractivity contribution in [3.05, 3.63) is 83.7 Å². The maximum Gasteiger partial charge on any atom is 0.337 e. The molecule has 0 atom stereocenters. The van der Waals surface area contributed by atoms with Crippen molar-refractivity contribution in [1.29, 1.82) is 0 Å². The molecule has 1 aromatic heterocycles. The summed E-state index contributed by atoms with van der Waals surface area (Å²) in [6, 6.07) is 18.0. The Balaban J connectivity index is 1.73. The third-order valence-corrected chi connectivity index (χ3v) is 7.43. The molecule has 178 valence electrons. The first-order valence-corrected chi connectivity index (χ1v) is 13.2. The number of hydrogen-bond acceptors (Lipinski definition) is 6. The monoisotopic (exact) mass is 510 g/mol. The molecule has 0 aliphatic carbocycles. The number of esters is 1. The molecule has 3 aromatic carbocycles. The number of hydrogen-bond donors (Lipinski definition) is 0. The highest BCUT2D eigenvalue weighted by Crippen LogP contribution is 2.41. The van der Waals surface area contributed by atoms with Crippen LogP contribution in [-0.4, -0.2) is 33.0 Å². The Morgan fingerprint density at radius 1 is 1.03 bits per heavy atom. The van der Waals surface area contributed by atoms with Gasteiger partial charge in [0.15, 0.2) is 0 Å². The van der Waals surface area contributed by atoms with E-state index in [2.05, 4.69) is 4.90 Å². The molecule has 4 aromatic rings. The summed E-state index contributed by atoms with van der Waals surface area (Å²) in [4.78, 5) is 19.1. The molecule has 35 heavy (non-hydrogen) atoms. The van der Waals surface area contributed by atoms with Crippen molar-refractivity contribution < 1.29 is 22.3 Å². The summed E-state index contributed by atoms with van der Waals surface area (Å²) in [5, 5.41) is 0.737. The minimum absolute atomic E-state index is 0.0536. The van der Waals surface area contributed by atoms with Gasteiger partial charge in [0.05, 0.1) is 34.5 Å². The molecule has 6 nitrogen and oxygen atoms in total. The first-order chi connectivity index (χ1) is 16.7. The lowest BCUT2D eigenvalue weighted by Crippen LogP contribution is -2.25. The van der Waals surface area contributed by atoms with Gasteiger partial charge in [0.25, 0.3) is 9.05 Å². The zero-order valence-electron chi connectivity index (χ0n) is 18.7. The van der Waals surface area contributed by atoms with Crippen LogP contribution >= 0.6 is 10.7 Å². The first-order valence-electron chi connectivity index (χ1n) is 10.9. The van der Waals surface area contributed by atoms with Crippen LogP contribution in [0.25, 0.3) is 22.2 Å². The molecule has 0 radical (unpaired) electrons. The Hall–Kier alpha value is -3.49. The lowest BCUT2D eigenvalue weighted by atomic mass is 9.98. The minimum Gasteiger partial charge on any atom is -0.465 e. The second-order valence-corrected chi connectivity index (χ2v) is 10.8. The number of pyridine rings is 1. The number of benzene rings is 3. The van der Waals surface area contributed by atoms with E-state index in [0.717, 1.165) is 34.3 Å². The van der Waals surface area contributed by atoms with Gasteiger partial charge in [-0.05, 0) is 85.1 Å². The van der Waals surface area contributed by atoms with Gasteiger partial charge in [-0.1, -0.05) is 0 Å². The number of halogens is 2. The van der Waals surface area contributed by atoms with Crippen LogP contribution < -0.4 is 4.90 Å². The third-order valence-electron chi connectivity index (χ3n) is 6.08. The molecule has 0 N–H and O–H groups in total. The van der Waals surface area contributed by atoms with Gasteiger partial charge in [0, 0.05) is 33.9 Å². The van der Waals surface area contributed by atoms with Gasteiger partial charge in [-0.25, -0.2) is 22.6 Å². The van der Waals surface area contributed by atoms with Crippen molar-refractivity contribution in [1.82, 2.24) is 4.98 Å². The maximum absolute atomic E-state index is 13.7. The lowest BCUT2D eigenvalue weighted by molar-refractivity contribution is 0.0601. The van der Waals surface area contributed by atoms with Crippen molar-refractivity contribution in [2.24, 2.45) is 0 Å². The first kappa shape index (κ1) is 23.3. The predicted octanol–water partition coefficient (Wildman–Crippen LogP) is 5.84. The zero-order chi connectivity index (χ0) is 24.7. The molecular formula is C26H20ClFN2O4S. The van der Waals surface area contributed by atoms with E-state index in [-0.39, 0.29) is 10.7 Å². The fourth-order valence-corrected chi connectivity index (χ4v) is 5.21. The zero-order valence-corrected chi connectivity index (χ0v) is 20.2. The van der Waals surface area contributed by atoms with Crippen LogP contribution in [0.15, 0.2) is 71.6 Å². The smallest absolute Gasteiger partial charge is 0.337 e. The van der Waals surface area contributed by atoms with Crippen LogP contribution in [0.2, 0.25) is 0 Å². The number of nitrogens with zero attached hydrogens (tertiary/aromatic N) is 2. The van der Waals surface area contributed by atoms with Gasteiger partial charge in [-0.2, -0.15) is 0 Å². The van der Waals surface area contributed by atoms with Gasteiger partial charge in [-0.15, -0.1) is 0 Å². The van der Waals surface area contributed by atoms with E-state index in [1.54, 1.807) is 42.5 Å². The average molecular weight is 511 g/mol. The summed E-state index contributed by atoms with van der Waals surface area (Å²) in [5.41, 5.74) is 4.89. The van der Waals surface area contributed by atoms with E-state index >= 15 is 0 Å². The average Bonchev–Trinajstić information content (AvgIpc) is 2.86. The standard InChI is InChI=1S/C26H20ClFN2O4S/c1-34-26(31)18-6-10-22-19(13-18)15-24(25(29-22)16-4-7-20(28)8-5-16)30-12-2-3-17-14-21(35(27,32)33)9-11-23(17)30/h4-11,13-15H,2-3,12H2,1H3. The molecule has 2 heterocycles. The highest BCUT2D eigenvalue weighted by molar-refractivity contribution is 8.13. The summed E-state index contributed by atoms with van der Waals surface area (Å²) in [5.74, 6) is -0.800. The summed E-state index contributed by atoms with van der Waals surface area (Å²) in [6.07, 6.45) is 1.48. The normalized spacial score (nSPS) is 13.5. The fourth-order valence-electron chi connectivity index (χ4n) is 4.41.